The SMILES string of the molecule is CCCCCCCCCCCCNC(=O)[C@@H](NC(=O)[C@@H]1CCCN1C(O)C(=O)c1ccccc1)C(C)C. The van der Waals surface area contributed by atoms with Crippen LogP contribution in [0.15, 0.2) is 30.3 Å². The summed E-state index contributed by atoms with van der Waals surface area (Å²) in [4.78, 5) is 40.3. The van der Waals surface area contributed by atoms with Gasteiger partial charge in [0.25, 0.3) is 0 Å². The number of hydrogen-bond acceptors (Lipinski definition) is 5. The van der Waals surface area contributed by atoms with Crippen molar-refractivity contribution in [2.75, 3.05) is 13.1 Å². The zero-order chi connectivity index (χ0) is 27.0. The molecule has 1 fully saturated rings. The lowest BCUT2D eigenvalue weighted by Gasteiger charge is -2.30. The van der Waals surface area contributed by atoms with Gasteiger partial charge in [-0.1, -0.05) is 109 Å². The van der Waals surface area contributed by atoms with Crippen molar-refractivity contribution in [1.29, 1.82) is 0 Å². The molecule has 0 radical (unpaired) electrons. The lowest BCUT2D eigenvalue weighted by molar-refractivity contribution is -0.134. The largest absolute Gasteiger partial charge is 0.371 e. The number of nitrogens with one attached hydrogen (secondary N) is 2. The van der Waals surface area contributed by atoms with Crippen LogP contribution in [0.5, 0.6) is 0 Å². The first-order chi connectivity index (χ1) is 17.9. The third-order valence-corrected chi connectivity index (χ3v) is 7.28. The van der Waals surface area contributed by atoms with Gasteiger partial charge < -0.3 is 15.7 Å². The maximum atomic E-state index is 13.1. The van der Waals surface area contributed by atoms with E-state index in [1.807, 2.05) is 19.9 Å². The molecule has 3 N–H and O–H groups in total. The molecule has 0 aliphatic carbocycles. The van der Waals surface area contributed by atoms with Gasteiger partial charge in [0.15, 0.2) is 6.23 Å². The van der Waals surface area contributed by atoms with Crippen LogP contribution in [0.25, 0.3) is 0 Å². The fraction of sp³-hybridized carbons (Fsp3) is 0.700. The summed E-state index contributed by atoms with van der Waals surface area (Å²) >= 11 is 0. The Labute approximate surface area is 223 Å². The monoisotopic (exact) mass is 515 g/mol. The van der Waals surface area contributed by atoms with Crippen LogP contribution >= 0.6 is 0 Å². The van der Waals surface area contributed by atoms with Crippen LogP contribution in [0.3, 0.4) is 0 Å². The highest BCUT2D eigenvalue weighted by atomic mass is 16.3. The third kappa shape index (κ3) is 10.6. The molecule has 1 aromatic rings. The Bertz CT molecular complexity index is 814. The van der Waals surface area contributed by atoms with Crippen LogP contribution in [0.4, 0.5) is 0 Å². The van der Waals surface area contributed by atoms with Crippen LogP contribution in [0, 0.1) is 5.92 Å². The molecular formula is C30H49N3O4. The molecule has 3 atom stereocenters. The third-order valence-electron chi connectivity index (χ3n) is 7.28. The highest BCUT2D eigenvalue weighted by Gasteiger charge is 2.39. The fourth-order valence-electron chi connectivity index (χ4n) is 4.98. The topological polar surface area (TPSA) is 98.7 Å². The van der Waals surface area contributed by atoms with E-state index in [1.54, 1.807) is 29.2 Å². The van der Waals surface area contributed by atoms with Crippen molar-refractivity contribution in [3.05, 3.63) is 35.9 Å². The van der Waals surface area contributed by atoms with Crippen LogP contribution < -0.4 is 10.6 Å². The second-order valence-electron chi connectivity index (χ2n) is 10.7. The van der Waals surface area contributed by atoms with E-state index in [2.05, 4.69) is 17.6 Å². The quantitative estimate of drug-likeness (QED) is 0.192. The number of aliphatic hydroxyl groups is 1. The number of carbonyl (C=O) groups excluding carboxylic acids is 3. The number of carbonyl (C=O) groups is 3. The second-order valence-corrected chi connectivity index (χ2v) is 10.7. The van der Waals surface area contributed by atoms with E-state index >= 15 is 0 Å². The first kappa shape index (κ1) is 31.0. The summed E-state index contributed by atoms with van der Waals surface area (Å²) in [6, 6.07) is 7.32. The normalized spacial score (nSPS) is 17.5. The lowest BCUT2D eigenvalue weighted by atomic mass is 10.0. The van der Waals surface area contributed by atoms with E-state index in [4.69, 9.17) is 0 Å². The Hall–Kier alpha value is -2.25. The number of rotatable bonds is 18. The van der Waals surface area contributed by atoms with Crippen molar-refractivity contribution in [1.82, 2.24) is 15.5 Å². The molecule has 1 unspecified atom stereocenters. The van der Waals surface area contributed by atoms with Gasteiger partial charge in [-0.25, -0.2) is 0 Å². The predicted octanol–water partition coefficient (Wildman–Crippen LogP) is 4.83. The highest BCUT2D eigenvalue weighted by Crippen LogP contribution is 2.22. The van der Waals surface area contributed by atoms with Crippen molar-refractivity contribution < 1.29 is 19.5 Å². The summed E-state index contributed by atoms with van der Waals surface area (Å²) in [5.74, 6) is -0.993. The van der Waals surface area contributed by atoms with Gasteiger partial charge in [-0.3, -0.25) is 19.3 Å². The predicted molar refractivity (Wildman–Crippen MR) is 148 cm³/mol. The number of nitrogens with zero attached hydrogens (tertiary/aromatic N) is 1. The summed E-state index contributed by atoms with van der Waals surface area (Å²) in [7, 11) is 0. The Morgan fingerprint density at radius 3 is 2.14 bits per heavy atom. The smallest absolute Gasteiger partial charge is 0.242 e. The molecule has 1 saturated heterocycles. The molecule has 1 aliphatic rings. The number of ketones is 1. The lowest BCUT2D eigenvalue weighted by Crippen LogP contribution is -2.56. The molecule has 0 spiro atoms. The summed E-state index contributed by atoms with van der Waals surface area (Å²) < 4.78 is 0. The van der Waals surface area contributed by atoms with E-state index in [9.17, 15) is 19.5 Å². The Morgan fingerprint density at radius 1 is 0.946 bits per heavy atom. The van der Waals surface area contributed by atoms with Gasteiger partial charge >= 0.3 is 0 Å². The Morgan fingerprint density at radius 2 is 1.54 bits per heavy atom. The summed E-state index contributed by atoms with van der Waals surface area (Å²) in [6.45, 7) is 7.11. The van der Waals surface area contributed by atoms with E-state index in [1.165, 1.54) is 51.4 Å². The van der Waals surface area contributed by atoms with Crippen molar-refractivity contribution in [2.24, 2.45) is 5.92 Å². The van der Waals surface area contributed by atoms with Crippen LogP contribution in [-0.2, 0) is 9.59 Å². The van der Waals surface area contributed by atoms with Gasteiger partial charge in [-0.05, 0) is 25.2 Å². The Kier molecular flexibility index (Phi) is 14.5. The molecule has 37 heavy (non-hydrogen) atoms. The zero-order valence-electron chi connectivity index (χ0n) is 23.2. The Balaban J connectivity index is 1.75. The van der Waals surface area contributed by atoms with Crippen LogP contribution in [-0.4, -0.2) is 59.0 Å². The molecule has 0 saturated carbocycles. The molecule has 7 heteroatoms. The molecular weight excluding hydrogens is 466 g/mol. The molecule has 1 aromatic carbocycles. The molecule has 1 aliphatic heterocycles. The van der Waals surface area contributed by atoms with Crippen molar-refractivity contribution in [3.8, 4) is 0 Å². The average molecular weight is 516 g/mol. The standard InChI is InChI=1S/C30H49N3O4/c1-4-5-6-7-8-9-10-11-12-16-21-31-29(36)26(23(2)3)32-28(35)25-20-17-22-33(25)30(37)27(34)24-18-14-13-15-19-24/h13-15,18-19,23,25-26,30,37H,4-12,16-17,20-22H2,1-3H3,(H,31,36)(H,32,35)/t25-,26-,30?/m0/s1. The van der Waals surface area contributed by atoms with Crippen LogP contribution in [0.2, 0.25) is 0 Å². The van der Waals surface area contributed by atoms with Crippen molar-refractivity contribution in [2.45, 2.75) is 116 Å². The van der Waals surface area contributed by atoms with Gasteiger partial charge in [0.05, 0.1) is 6.04 Å². The maximum Gasteiger partial charge on any atom is 0.242 e. The number of aliphatic hydroxyl groups excluding tert-OH is 1. The molecule has 1 heterocycles. The first-order valence-electron chi connectivity index (χ1n) is 14.5. The number of likely N-dealkylation sites (tertiary alicyclic amines) is 1. The molecule has 7 nitrogen and oxygen atoms in total. The van der Waals surface area contributed by atoms with Gasteiger partial charge in [-0.15, -0.1) is 0 Å². The number of amides is 2. The molecule has 0 bridgehead atoms. The second kappa shape index (κ2) is 17.3. The molecule has 0 aromatic heterocycles. The van der Waals surface area contributed by atoms with E-state index in [0.717, 1.165) is 12.8 Å². The van der Waals surface area contributed by atoms with Gasteiger partial charge in [0.2, 0.25) is 17.6 Å². The molecule has 2 rings (SSSR count). The van der Waals surface area contributed by atoms with Gasteiger partial charge in [0, 0.05) is 18.7 Å². The summed E-state index contributed by atoms with van der Waals surface area (Å²) in [6.07, 6.45) is 12.3. The first-order valence-corrected chi connectivity index (χ1v) is 14.5. The minimum atomic E-state index is -1.39. The minimum Gasteiger partial charge on any atom is -0.371 e. The summed E-state index contributed by atoms with van der Waals surface area (Å²) in [5.41, 5.74) is 0.410. The van der Waals surface area contributed by atoms with Crippen LogP contribution in [0.1, 0.15) is 108 Å². The van der Waals surface area contributed by atoms with Crippen molar-refractivity contribution >= 4 is 17.6 Å². The fourth-order valence-corrected chi connectivity index (χ4v) is 4.98. The van der Waals surface area contributed by atoms with E-state index < -0.39 is 24.1 Å². The van der Waals surface area contributed by atoms with E-state index in [-0.39, 0.29) is 17.7 Å². The van der Waals surface area contributed by atoms with E-state index in [0.29, 0.717) is 31.5 Å². The average Bonchev–Trinajstić information content (AvgIpc) is 3.39. The molecule has 208 valence electrons. The zero-order valence-corrected chi connectivity index (χ0v) is 23.2. The maximum absolute atomic E-state index is 13.1. The highest BCUT2D eigenvalue weighted by molar-refractivity contribution is 5.99. The number of benzene rings is 1. The van der Waals surface area contributed by atoms with Gasteiger partial charge in [0.1, 0.15) is 6.04 Å². The number of unbranched alkanes of at least 4 members (excludes halogenated alkanes) is 9. The number of hydrogen-bond donors (Lipinski definition) is 3. The molecule has 2 amide bonds. The van der Waals surface area contributed by atoms with Crippen molar-refractivity contribution in [3.63, 3.8) is 0 Å². The minimum absolute atomic E-state index is 0.0811. The number of Topliss-reactive ketones (excluding diaryl/α,β-unsaturated/α-hetero) is 1. The summed E-state index contributed by atoms with van der Waals surface area (Å²) in [5, 5.41) is 16.6. The van der Waals surface area contributed by atoms with Gasteiger partial charge in [-0.2, -0.15) is 0 Å².